The molecule has 7 nitrogen and oxygen atoms in total. The van der Waals surface area contributed by atoms with Crippen LogP contribution < -0.4 is 5.32 Å². The van der Waals surface area contributed by atoms with Crippen molar-refractivity contribution < 1.29 is 27.5 Å². The first-order chi connectivity index (χ1) is 9.98. The molecule has 22 heavy (non-hydrogen) atoms. The molecule has 1 aromatic carbocycles. The number of carboxylic acid groups (broad SMARTS) is 1. The summed E-state index contributed by atoms with van der Waals surface area (Å²) in [4.78, 5) is 21.0. The molecule has 122 valence electrons. The van der Waals surface area contributed by atoms with Crippen molar-refractivity contribution in [1.29, 1.82) is 0 Å². The van der Waals surface area contributed by atoms with E-state index in [1.54, 1.807) is 0 Å². The van der Waals surface area contributed by atoms with Crippen LogP contribution >= 0.6 is 11.6 Å². The standard InChI is InChI=1S/C12H14ClFN2O5S/c1-6(12(18)19)16(3)22(20,21)11-4-8(13)10(5-9(11)14)15-7(2)17/h4-6H,1-3H3,(H,15,17)(H,18,19). The molecule has 0 aromatic heterocycles. The minimum Gasteiger partial charge on any atom is -0.480 e. The van der Waals surface area contributed by atoms with Crippen molar-refractivity contribution in [2.75, 3.05) is 12.4 Å². The lowest BCUT2D eigenvalue weighted by atomic mass is 10.3. The Morgan fingerprint density at radius 3 is 2.41 bits per heavy atom. The van der Waals surface area contributed by atoms with E-state index in [1.807, 2.05) is 0 Å². The number of amides is 1. The van der Waals surface area contributed by atoms with E-state index in [9.17, 15) is 22.4 Å². The van der Waals surface area contributed by atoms with Crippen molar-refractivity contribution in [3.05, 3.63) is 23.0 Å². The number of carbonyl (C=O) groups excluding carboxylic acids is 1. The normalized spacial score (nSPS) is 13.0. The van der Waals surface area contributed by atoms with E-state index < -0.39 is 38.7 Å². The van der Waals surface area contributed by atoms with Crippen LogP contribution in [-0.2, 0) is 19.6 Å². The van der Waals surface area contributed by atoms with Crippen LogP contribution in [0.5, 0.6) is 0 Å². The number of likely N-dealkylation sites (N-methyl/N-ethyl adjacent to an activating group) is 1. The van der Waals surface area contributed by atoms with Gasteiger partial charge in [0.1, 0.15) is 16.8 Å². The van der Waals surface area contributed by atoms with Gasteiger partial charge in [-0.15, -0.1) is 0 Å². The smallest absolute Gasteiger partial charge is 0.321 e. The fraction of sp³-hybridized carbons (Fsp3) is 0.333. The van der Waals surface area contributed by atoms with E-state index in [0.717, 1.165) is 26.1 Å². The summed E-state index contributed by atoms with van der Waals surface area (Å²) in [6.45, 7) is 2.33. The Hall–Kier alpha value is -1.71. The third-order valence-corrected chi connectivity index (χ3v) is 5.15. The van der Waals surface area contributed by atoms with Crippen LogP contribution in [0.1, 0.15) is 13.8 Å². The average molecular weight is 353 g/mol. The lowest BCUT2D eigenvalue weighted by Crippen LogP contribution is -2.40. The zero-order valence-electron chi connectivity index (χ0n) is 11.9. The van der Waals surface area contributed by atoms with Gasteiger partial charge in [-0.3, -0.25) is 9.59 Å². The number of carbonyl (C=O) groups is 2. The summed E-state index contributed by atoms with van der Waals surface area (Å²) in [5.74, 6) is -3.04. The van der Waals surface area contributed by atoms with Gasteiger partial charge in [0.05, 0.1) is 10.7 Å². The van der Waals surface area contributed by atoms with Gasteiger partial charge in [-0.2, -0.15) is 4.31 Å². The highest BCUT2D eigenvalue weighted by molar-refractivity contribution is 7.89. The molecule has 1 rings (SSSR count). The SMILES string of the molecule is CC(=O)Nc1cc(F)c(S(=O)(=O)N(C)C(C)C(=O)O)cc1Cl. The number of anilines is 1. The van der Waals surface area contributed by atoms with Crippen LogP contribution in [-0.4, -0.2) is 42.8 Å². The molecule has 1 atom stereocenters. The monoisotopic (exact) mass is 352 g/mol. The number of rotatable bonds is 5. The first-order valence-electron chi connectivity index (χ1n) is 5.96. The van der Waals surface area contributed by atoms with Crippen LogP contribution in [0, 0.1) is 5.82 Å². The second-order valence-corrected chi connectivity index (χ2v) is 6.85. The van der Waals surface area contributed by atoms with E-state index in [0.29, 0.717) is 4.31 Å². The molecule has 0 fully saturated rings. The Morgan fingerprint density at radius 2 is 1.95 bits per heavy atom. The van der Waals surface area contributed by atoms with E-state index >= 15 is 0 Å². The number of aliphatic carboxylic acids is 1. The topological polar surface area (TPSA) is 104 Å². The maximum absolute atomic E-state index is 14.0. The van der Waals surface area contributed by atoms with E-state index in [4.69, 9.17) is 16.7 Å². The fourth-order valence-electron chi connectivity index (χ4n) is 1.53. The van der Waals surface area contributed by atoms with E-state index in [2.05, 4.69) is 5.32 Å². The van der Waals surface area contributed by atoms with Gasteiger partial charge in [-0.25, -0.2) is 12.8 Å². The molecular formula is C12H14ClFN2O5S. The highest BCUT2D eigenvalue weighted by atomic mass is 35.5. The molecule has 1 aromatic rings. The highest BCUT2D eigenvalue weighted by Gasteiger charge is 2.32. The number of benzene rings is 1. The zero-order chi connectivity index (χ0) is 17.2. The Bertz CT molecular complexity index is 722. The summed E-state index contributed by atoms with van der Waals surface area (Å²) in [6, 6.07) is 0.191. The minimum absolute atomic E-state index is 0.0837. The molecular weight excluding hydrogens is 339 g/mol. The molecule has 0 bridgehead atoms. The fourth-order valence-corrected chi connectivity index (χ4v) is 3.19. The zero-order valence-corrected chi connectivity index (χ0v) is 13.5. The van der Waals surface area contributed by atoms with Gasteiger partial charge in [-0.05, 0) is 13.0 Å². The molecule has 0 heterocycles. The van der Waals surface area contributed by atoms with E-state index in [1.165, 1.54) is 6.92 Å². The largest absolute Gasteiger partial charge is 0.480 e. The van der Waals surface area contributed by atoms with Gasteiger partial charge < -0.3 is 10.4 Å². The molecule has 0 saturated heterocycles. The van der Waals surface area contributed by atoms with Crippen LogP contribution in [0.15, 0.2) is 17.0 Å². The number of hydrogen-bond acceptors (Lipinski definition) is 4. The first-order valence-corrected chi connectivity index (χ1v) is 7.77. The van der Waals surface area contributed by atoms with Gasteiger partial charge in [0.15, 0.2) is 0 Å². The van der Waals surface area contributed by atoms with Gasteiger partial charge in [0.25, 0.3) is 0 Å². The van der Waals surface area contributed by atoms with Crippen molar-refractivity contribution >= 4 is 39.2 Å². The van der Waals surface area contributed by atoms with Crippen LogP contribution in [0.25, 0.3) is 0 Å². The number of nitrogens with one attached hydrogen (secondary N) is 1. The van der Waals surface area contributed by atoms with Crippen LogP contribution in [0.4, 0.5) is 10.1 Å². The number of carboxylic acids is 1. The van der Waals surface area contributed by atoms with Gasteiger partial charge in [0.2, 0.25) is 15.9 Å². The molecule has 0 aliphatic heterocycles. The summed E-state index contributed by atoms with van der Waals surface area (Å²) in [7, 11) is -3.38. The van der Waals surface area contributed by atoms with Gasteiger partial charge in [-0.1, -0.05) is 11.6 Å². The summed E-state index contributed by atoms with van der Waals surface area (Å²) < 4.78 is 39.1. The Labute approximate surface area is 131 Å². The average Bonchev–Trinajstić information content (AvgIpc) is 2.39. The predicted molar refractivity (Wildman–Crippen MR) is 77.8 cm³/mol. The highest BCUT2D eigenvalue weighted by Crippen LogP contribution is 2.30. The molecule has 0 radical (unpaired) electrons. The molecule has 0 aliphatic rings. The quantitative estimate of drug-likeness (QED) is 0.836. The second kappa shape index (κ2) is 6.59. The first kappa shape index (κ1) is 18.3. The van der Waals surface area contributed by atoms with Crippen LogP contribution in [0.3, 0.4) is 0 Å². The molecule has 0 aliphatic carbocycles. The molecule has 1 unspecified atom stereocenters. The Morgan fingerprint density at radius 1 is 1.41 bits per heavy atom. The minimum atomic E-state index is -4.40. The molecule has 0 spiro atoms. The predicted octanol–water partition coefficient (Wildman–Crippen LogP) is 1.53. The van der Waals surface area contributed by atoms with E-state index in [-0.39, 0.29) is 10.7 Å². The Kier molecular flexibility index (Phi) is 5.49. The molecule has 2 N–H and O–H groups in total. The summed E-state index contributed by atoms with van der Waals surface area (Å²) in [5.41, 5.74) is -0.0837. The van der Waals surface area contributed by atoms with Gasteiger partial charge >= 0.3 is 5.97 Å². The summed E-state index contributed by atoms with van der Waals surface area (Å²) >= 11 is 5.82. The van der Waals surface area contributed by atoms with Crippen molar-refractivity contribution in [3.63, 3.8) is 0 Å². The number of halogens is 2. The maximum Gasteiger partial charge on any atom is 0.321 e. The third-order valence-electron chi connectivity index (χ3n) is 2.89. The van der Waals surface area contributed by atoms with Gasteiger partial charge in [0, 0.05) is 20.0 Å². The van der Waals surface area contributed by atoms with Crippen molar-refractivity contribution in [3.8, 4) is 0 Å². The second-order valence-electron chi connectivity index (χ2n) is 4.48. The summed E-state index contributed by atoms with van der Waals surface area (Å²) in [5, 5.41) is 10.9. The number of nitrogens with zero attached hydrogens (tertiary/aromatic N) is 1. The van der Waals surface area contributed by atoms with Crippen LogP contribution in [0.2, 0.25) is 5.02 Å². The molecule has 10 heteroatoms. The number of sulfonamides is 1. The lowest BCUT2D eigenvalue weighted by molar-refractivity contribution is -0.140. The van der Waals surface area contributed by atoms with Crippen molar-refractivity contribution in [1.82, 2.24) is 4.31 Å². The number of hydrogen-bond donors (Lipinski definition) is 2. The maximum atomic E-state index is 14.0. The third kappa shape index (κ3) is 3.73. The Balaban J connectivity index is 3.35. The van der Waals surface area contributed by atoms with Crippen molar-refractivity contribution in [2.24, 2.45) is 0 Å². The molecule has 0 saturated carbocycles. The lowest BCUT2D eigenvalue weighted by Gasteiger charge is -2.21. The summed E-state index contributed by atoms with van der Waals surface area (Å²) in [6.07, 6.45) is 0. The van der Waals surface area contributed by atoms with Crippen molar-refractivity contribution in [2.45, 2.75) is 24.8 Å². The molecule has 1 amide bonds.